The average Bonchev–Trinajstić information content (AvgIpc) is 2.78. The van der Waals surface area contributed by atoms with Crippen molar-refractivity contribution in [1.29, 1.82) is 0 Å². The molecule has 2 heteroatoms. The minimum atomic E-state index is 0.232. The molecule has 1 N–H and O–H groups in total. The number of ketones is 1. The molecule has 2 rings (SSSR count). The summed E-state index contributed by atoms with van der Waals surface area (Å²) in [6, 6.07) is 8.76. The molecule has 0 heterocycles. The van der Waals surface area contributed by atoms with E-state index in [2.05, 4.69) is 25.2 Å². The highest BCUT2D eigenvalue weighted by molar-refractivity contribution is 6.01. The predicted octanol–water partition coefficient (Wildman–Crippen LogP) is 4.51. The van der Waals surface area contributed by atoms with Crippen molar-refractivity contribution in [1.82, 2.24) is 5.32 Å². The van der Waals surface area contributed by atoms with Gasteiger partial charge in [0.25, 0.3) is 0 Å². The van der Waals surface area contributed by atoms with Crippen LogP contribution in [0.2, 0.25) is 0 Å². The topological polar surface area (TPSA) is 29.1 Å². The quantitative estimate of drug-likeness (QED) is 0.845. The van der Waals surface area contributed by atoms with Gasteiger partial charge >= 0.3 is 0 Å². The van der Waals surface area contributed by atoms with E-state index in [1.165, 1.54) is 18.4 Å². The predicted molar refractivity (Wildman–Crippen MR) is 81.6 cm³/mol. The van der Waals surface area contributed by atoms with E-state index in [1.807, 2.05) is 32.0 Å². The van der Waals surface area contributed by atoms with Crippen molar-refractivity contribution >= 4 is 5.78 Å². The molecule has 0 saturated carbocycles. The van der Waals surface area contributed by atoms with Crippen molar-refractivity contribution in [2.24, 2.45) is 0 Å². The number of rotatable bonds is 5. The molecule has 106 valence electrons. The summed E-state index contributed by atoms with van der Waals surface area (Å²) < 4.78 is 0. The van der Waals surface area contributed by atoms with E-state index in [4.69, 9.17) is 0 Å². The number of Topliss-reactive ketones (excluding diaryl/α,β-unsaturated/α-hetero) is 1. The van der Waals surface area contributed by atoms with E-state index in [-0.39, 0.29) is 11.8 Å². The number of fused-ring (bicyclic) bond motifs is 1. The Morgan fingerprint density at radius 2 is 1.95 bits per heavy atom. The smallest absolute Gasteiger partial charge is 0.165 e. The molecular formula is C17H27NO. The van der Waals surface area contributed by atoms with E-state index in [9.17, 15) is 4.79 Å². The first-order valence-electron chi connectivity index (χ1n) is 7.64. The molecule has 0 fully saturated rings. The van der Waals surface area contributed by atoms with Gasteiger partial charge in [-0.3, -0.25) is 4.79 Å². The van der Waals surface area contributed by atoms with Crippen LogP contribution >= 0.6 is 0 Å². The van der Waals surface area contributed by atoms with Gasteiger partial charge in [0.15, 0.2) is 5.78 Å². The van der Waals surface area contributed by atoms with Crippen LogP contribution in [-0.2, 0) is 0 Å². The summed E-state index contributed by atoms with van der Waals surface area (Å²) in [4.78, 5) is 11.9. The molecule has 0 radical (unpaired) electrons. The fourth-order valence-corrected chi connectivity index (χ4v) is 2.65. The maximum atomic E-state index is 11.9. The molecule has 2 atom stereocenters. The highest BCUT2D eigenvalue weighted by Gasteiger charge is 2.29. The minimum Gasteiger partial charge on any atom is -0.307 e. The fraction of sp³-hybridized carbons (Fsp3) is 0.588. The summed E-state index contributed by atoms with van der Waals surface area (Å²) in [6.45, 7) is 8.41. The maximum absolute atomic E-state index is 11.9. The van der Waals surface area contributed by atoms with E-state index < -0.39 is 0 Å². The number of carbonyl (C=O) groups is 1. The molecule has 2 nitrogen and oxygen atoms in total. The maximum Gasteiger partial charge on any atom is 0.165 e. The van der Waals surface area contributed by atoms with Gasteiger partial charge in [0.2, 0.25) is 0 Å². The molecule has 1 aromatic carbocycles. The molecule has 0 saturated heterocycles. The second-order valence-electron chi connectivity index (χ2n) is 4.83. The van der Waals surface area contributed by atoms with Crippen LogP contribution in [0.1, 0.15) is 75.3 Å². The van der Waals surface area contributed by atoms with Crippen molar-refractivity contribution in [2.75, 3.05) is 0 Å². The average molecular weight is 261 g/mol. The number of carbonyl (C=O) groups excluding carboxylic acids is 1. The highest BCUT2D eigenvalue weighted by atomic mass is 16.1. The van der Waals surface area contributed by atoms with Gasteiger partial charge in [0.1, 0.15) is 0 Å². The summed E-state index contributed by atoms with van der Waals surface area (Å²) in [5.41, 5.74) is 2.10. The van der Waals surface area contributed by atoms with Gasteiger partial charge in [-0.2, -0.15) is 0 Å². The molecule has 0 bridgehead atoms. The van der Waals surface area contributed by atoms with Crippen LogP contribution in [0.3, 0.4) is 0 Å². The first-order chi connectivity index (χ1) is 9.26. The van der Waals surface area contributed by atoms with E-state index in [1.54, 1.807) is 0 Å². The molecule has 1 aliphatic carbocycles. The second-order valence-corrected chi connectivity index (χ2v) is 4.83. The van der Waals surface area contributed by atoms with Gasteiger partial charge in [-0.25, -0.2) is 0 Å². The lowest BCUT2D eigenvalue weighted by molar-refractivity contribution is 0.0984. The van der Waals surface area contributed by atoms with Crippen LogP contribution in [0, 0.1) is 0 Å². The van der Waals surface area contributed by atoms with Gasteiger partial charge < -0.3 is 5.32 Å². The number of hydrogen-bond acceptors (Lipinski definition) is 2. The Balaban J connectivity index is 0.000000861. The molecule has 1 aromatic rings. The zero-order valence-corrected chi connectivity index (χ0v) is 12.7. The third-order valence-corrected chi connectivity index (χ3v) is 3.59. The lowest BCUT2D eigenvalue weighted by atomic mass is 10.0. The van der Waals surface area contributed by atoms with Crippen LogP contribution in [0.4, 0.5) is 0 Å². The van der Waals surface area contributed by atoms with Crippen LogP contribution in [0.5, 0.6) is 0 Å². The summed E-state index contributed by atoms with van der Waals surface area (Å²) >= 11 is 0. The van der Waals surface area contributed by atoms with Crippen LogP contribution < -0.4 is 5.32 Å². The van der Waals surface area contributed by atoms with Crippen molar-refractivity contribution in [3.63, 3.8) is 0 Å². The van der Waals surface area contributed by atoms with Crippen LogP contribution in [0.15, 0.2) is 24.3 Å². The second kappa shape index (κ2) is 8.11. The SMILES string of the molecule is CC.CCCC(CC)NC1CC(=O)c2ccccc21. The first kappa shape index (κ1) is 15.9. The molecule has 0 amide bonds. The zero-order chi connectivity index (χ0) is 14.3. The normalized spacial score (nSPS) is 18.5. The van der Waals surface area contributed by atoms with Crippen LogP contribution in [-0.4, -0.2) is 11.8 Å². The minimum absolute atomic E-state index is 0.232. The van der Waals surface area contributed by atoms with Gasteiger partial charge in [-0.15, -0.1) is 0 Å². The largest absolute Gasteiger partial charge is 0.307 e. The third kappa shape index (κ3) is 3.90. The van der Waals surface area contributed by atoms with Crippen LogP contribution in [0.25, 0.3) is 0 Å². The van der Waals surface area contributed by atoms with Crippen molar-refractivity contribution < 1.29 is 4.79 Å². The van der Waals surface area contributed by atoms with Crippen molar-refractivity contribution in [3.05, 3.63) is 35.4 Å². The van der Waals surface area contributed by atoms with E-state index in [0.717, 1.165) is 12.0 Å². The lowest BCUT2D eigenvalue weighted by Crippen LogP contribution is -2.31. The zero-order valence-electron chi connectivity index (χ0n) is 12.7. The summed E-state index contributed by atoms with van der Waals surface area (Å²) in [5.74, 6) is 0.282. The van der Waals surface area contributed by atoms with Gasteiger partial charge in [-0.05, 0) is 18.4 Å². The first-order valence-corrected chi connectivity index (χ1v) is 7.64. The third-order valence-electron chi connectivity index (χ3n) is 3.59. The van der Waals surface area contributed by atoms with E-state index >= 15 is 0 Å². The molecule has 0 spiro atoms. The Bertz CT molecular complexity index is 400. The number of nitrogens with one attached hydrogen (secondary N) is 1. The monoisotopic (exact) mass is 261 g/mol. The Hall–Kier alpha value is -1.15. The molecule has 19 heavy (non-hydrogen) atoms. The summed E-state index contributed by atoms with van der Waals surface area (Å²) in [6.07, 6.45) is 4.12. The Morgan fingerprint density at radius 1 is 1.26 bits per heavy atom. The Morgan fingerprint density at radius 3 is 2.58 bits per heavy atom. The number of hydrogen-bond donors (Lipinski definition) is 1. The van der Waals surface area contributed by atoms with Crippen molar-refractivity contribution in [3.8, 4) is 0 Å². The fourth-order valence-electron chi connectivity index (χ4n) is 2.65. The summed E-state index contributed by atoms with van der Waals surface area (Å²) in [5, 5.41) is 3.63. The Labute approximate surface area is 117 Å². The lowest BCUT2D eigenvalue weighted by Gasteiger charge is -2.21. The van der Waals surface area contributed by atoms with Crippen molar-refractivity contribution in [2.45, 2.75) is 65.5 Å². The highest BCUT2D eigenvalue weighted by Crippen LogP contribution is 2.31. The van der Waals surface area contributed by atoms with Gasteiger partial charge in [0.05, 0.1) is 0 Å². The molecule has 1 aliphatic rings. The molecule has 0 aromatic heterocycles. The molecule has 2 unspecified atom stereocenters. The summed E-state index contributed by atoms with van der Waals surface area (Å²) in [7, 11) is 0. The Kier molecular flexibility index (Phi) is 6.79. The molecular weight excluding hydrogens is 234 g/mol. The van der Waals surface area contributed by atoms with Gasteiger partial charge in [0, 0.05) is 24.1 Å². The number of benzene rings is 1. The van der Waals surface area contributed by atoms with E-state index in [0.29, 0.717) is 12.5 Å². The van der Waals surface area contributed by atoms with Gasteiger partial charge in [-0.1, -0.05) is 58.4 Å². The standard InChI is InChI=1S/C15H21NO.C2H6/c1-3-7-11(4-2)16-14-10-15(17)13-9-6-5-8-12(13)14;1-2/h5-6,8-9,11,14,16H,3-4,7,10H2,1-2H3;1-2H3. The molecule has 0 aliphatic heterocycles.